The summed E-state index contributed by atoms with van der Waals surface area (Å²) in [6.45, 7) is 1.76. The van der Waals surface area contributed by atoms with Crippen LogP contribution in [0.15, 0.2) is 24.3 Å². The molecule has 0 saturated heterocycles. The molecule has 0 radical (unpaired) electrons. The van der Waals surface area contributed by atoms with E-state index < -0.39 is 0 Å². The molecule has 1 aromatic carbocycles. The van der Waals surface area contributed by atoms with Gasteiger partial charge < -0.3 is 10.6 Å². The summed E-state index contributed by atoms with van der Waals surface area (Å²) >= 11 is 5.74. The lowest BCUT2D eigenvalue weighted by atomic mass is 10.3. The summed E-state index contributed by atoms with van der Waals surface area (Å²) in [6, 6.07) is 6.12. The molecule has 1 aromatic heterocycles. The first-order valence-corrected chi connectivity index (χ1v) is 5.59. The Balaban J connectivity index is 1.91. The number of carbonyl (C=O) groups excluding carboxylic acids is 1. The average molecular weight is 267 g/mol. The topological polar surface area (TPSA) is 95.6 Å². The van der Waals surface area contributed by atoms with Gasteiger partial charge in [-0.15, -0.1) is 10.2 Å². The minimum Gasteiger partial charge on any atom is -0.328 e. The van der Waals surface area contributed by atoms with Gasteiger partial charge >= 0.3 is 6.03 Å². The Morgan fingerprint density at radius 2 is 2.11 bits per heavy atom. The molecule has 2 amide bonds. The lowest BCUT2D eigenvalue weighted by Crippen LogP contribution is -2.31. The average Bonchev–Trinajstić information content (AvgIpc) is 2.85. The van der Waals surface area contributed by atoms with Crippen LogP contribution in [0.1, 0.15) is 18.8 Å². The van der Waals surface area contributed by atoms with E-state index in [-0.39, 0.29) is 12.1 Å². The Kier molecular flexibility index (Phi) is 3.73. The number of halogens is 1. The lowest BCUT2D eigenvalue weighted by Gasteiger charge is -2.11. The van der Waals surface area contributed by atoms with E-state index in [9.17, 15) is 4.79 Å². The van der Waals surface area contributed by atoms with Crippen molar-refractivity contribution in [1.82, 2.24) is 25.9 Å². The van der Waals surface area contributed by atoms with Gasteiger partial charge in [-0.2, -0.15) is 5.21 Å². The second-order valence-electron chi connectivity index (χ2n) is 3.60. The molecule has 1 unspecified atom stereocenters. The maximum Gasteiger partial charge on any atom is 0.319 e. The monoisotopic (exact) mass is 266 g/mol. The summed E-state index contributed by atoms with van der Waals surface area (Å²) in [4.78, 5) is 11.7. The van der Waals surface area contributed by atoms with Gasteiger partial charge in [0.1, 0.15) is 0 Å². The molecule has 94 valence electrons. The van der Waals surface area contributed by atoms with Crippen LogP contribution < -0.4 is 10.6 Å². The summed E-state index contributed by atoms with van der Waals surface area (Å²) in [6.07, 6.45) is 0. The summed E-state index contributed by atoms with van der Waals surface area (Å²) in [5.41, 5.74) is 0.650. The fourth-order valence-electron chi connectivity index (χ4n) is 1.31. The number of hydrogen-bond donors (Lipinski definition) is 3. The zero-order chi connectivity index (χ0) is 13.0. The van der Waals surface area contributed by atoms with Gasteiger partial charge in [-0.1, -0.05) is 16.8 Å². The number of hydrogen-bond acceptors (Lipinski definition) is 4. The number of H-pyrrole nitrogens is 1. The normalized spacial score (nSPS) is 11.9. The van der Waals surface area contributed by atoms with Gasteiger partial charge in [-0.25, -0.2) is 4.79 Å². The van der Waals surface area contributed by atoms with Crippen molar-refractivity contribution in [3.8, 4) is 0 Å². The molecule has 0 aliphatic heterocycles. The van der Waals surface area contributed by atoms with Crippen molar-refractivity contribution in [3.63, 3.8) is 0 Å². The highest BCUT2D eigenvalue weighted by atomic mass is 35.5. The molecule has 8 heteroatoms. The van der Waals surface area contributed by atoms with Crippen LogP contribution >= 0.6 is 11.6 Å². The fourth-order valence-corrected chi connectivity index (χ4v) is 1.44. The third kappa shape index (κ3) is 3.17. The first-order valence-electron chi connectivity index (χ1n) is 5.21. The van der Waals surface area contributed by atoms with E-state index in [4.69, 9.17) is 11.6 Å². The van der Waals surface area contributed by atoms with Crippen molar-refractivity contribution < 1.29 is 4.79 Å². The van der Waals surface area contributed by atoms with Crippen LogP contribution in [0.25, 0.3) is 0 Å². The zero-order valence-corrected chi connectivity index (χ0v) is 10.3. The van der Waals surface area contributed by atoms with Crippen molar-refractivity contribution in [2.24, 2.45) is 0 Å². The van der Waals surface area contributed by atoms with Crippen molar-refractivity contribution in [1.29, 1.82) is 0 Å². The molecular weight excluding hydrogens is 256 g/mol. The van der Waals surface area contributed by atoms with Crippen molar-refractivity contribution in [2.75, 3.05) is 5.32 Å². The second-order valence-corrected chi connectivity index (χ2v) is 4.03. The molecule has 1 heterocycles. The Bertz CT molecular complexity index is 512. The van der Waals surface area contributed by atoms with E-state index >= 15 is 0 Å². The first-order chi connectivity index (χ1) is 8.65. The third-order valence-electron chi connectivity index (χ3n) is 2.20. The molecule has 0 bridgehead atoms. The van der Waals surface area contributed by atoms with E-state index in [0.29, 0.717) is 16.5 Å². The van der Waals surface area contributed by atoms with Gasteiger partial charge in [0.15, 0.2) is 5.82 Å². The standard InChI is InChI=1S/C10H11ClN6O/c1-6(9-14-16-17-15-9)12-10(18)13-8-4-2-7(11)3-5-8/h2-6H,1H3,(H2,12,13,18)(H,14,15,16,17). The van der Waals surface area contributed by atoms with Gasteiger partial charge in [-0.05, 0) is 31.2 Å². The maximum absolute atomic E-state index is 11.7. The Morgan fingerprint density at radius 1 is 1.39 bits per heavy atom. The highest BCUT2D eigenvalue weighted by molar-refractivity contribution is 6.30. The molecule has 2 aromatic rings. The minimum absolute atomic E-state index is 0.337. The quantitative estimate of drug-likeness (QED) is 0.788. The van der Waals surface area contributed by atoms with E-state index in [1.165, 1.54) is 0 Å². The highest BCUT2D eigenvalue weighted by Gasteiger charge is 2.13. The molecular formula is C10H11ClN6O. The maximum atomic E-state index is 11.7. The summed E-state index contributed by atoms with van der Waals surface area (Å²) in [5, 5.41) is 19.3. The number of benzene rings is 1. The Labute approximate surface area is 108 Å². The molecule has 3 N–H and O–H groups in total. The Morgan fingerprint density at radius 3 is 2.72 bits per heavy atom. The molecule has 1 atom stereocenters. The molecule has 18 heavy (non-hydrogen) atoms. The number of nitrogens with one attached hydrogen (secondary N) is 3. The lowest BCUT2D eigenvalue weighted by molar-refractivity contribution is 0.249. The number of aromatic nitrogens is 4. The fraction of sp³-hybridized carbons (Fsp3) is 0.200. The SMILES string of the molecule is CC(NC(=O)Nc1ccc(Cl)cc1)c1nn[nH]n1. The number of urea groups is 1. The van der Waals surface area contributed by atoms with Crippen molar-refractivity contribution >= 4 is 23.3 Å². The number of rotatable bonds is 3. The van der Waals surface area contributed by atoms with Crippen LogP contribution in [0.3, 0.4) is 0 Å². The number of anilines is 1. The molecule has 7 nitrogen and oxygen atoms in total. The third-order valence-corrected chi connectivity index (χ3v) is 2.45. The van der Waals surface area contributed by atoms with Gasteiger partial charge in [0.25, 0.3) is 0 Å². The minimum atomic E-state index is -0.352. The Hall–Kier alpha value is -2.15. The van der Waals surface area contributed by atoms with Crippen LogP contribution in [0.4, 0.5) is 10.5 Å². The number of aromatic amines is 1. The zero-order valence-electron chi connectivity index (χ0n) is 9.51. The largest absolute Gasteiger partial charge is 0.328 e. The predicted octanol–water partition coefficient (Wildman–Crippen LogP) is 1.74. The summed E-state index contributed by atoms with van der Waals surface area (Å²) < 4.78 is 0. The van der Waals surface area contributed by atoms with Gasteiger partial charge in [0, 0.05) is 10.7 Å². The van der Waals surface area contributed by atoms with Crippen LogP contribution in [0.5, 0.6) is 0 Å². The summed E-state index contributed by atoms with van der Waals surface area (Å²) in [7, 11) is 0. The number of amides is 2. The van der Waals surface area contributed by atoms with E-state index in [1.807, 2.05) is 0 Å². The van der Waals surface area contributed by atoms with E-state index in [0.717, 1.165) is 0 Å². The van der Waals surface area contributed by atoms with Gasteiger partial charge in [0.05, 0.1) is 6.04 Å². The molecule has 2 rings (SSSR count). The number of carbonyl (C=O) groups is 1. The van der Waals surface area contributed by atoms with Crippen LogP contribution in [0, 0.1) is 0 Å². The molecule has 0 fully saturated rings. The predicted molar refractivity (Wildman–Crippen MR) is 66.2 cm³/mol. The van der Waals surface area contributed by atoms with E-state index in [2.05, 4.69) is 31.3 Å². The summed E-state index contributed by atoms with van der Waals surface area (Å²) in [5.74, 6) is 0.418. The molecule has 0 aliphatic rings. The number of nitrogens with zero attached hydrogens (tertiary/aromatic N) is 3. The molecule has 0 saturated carbocycles. The highest BCUT2D eigenvalue weighted by Crippen LogP contribution is 2.13. The van der Waals surface area contributed by atoms with Crippen molar-refractivity contribution in [2.45, 2.75) is 13.0 Å². The van der Waals surface area contributed by atoms with E-state index in [1.54, 1.807) is 31.2 Å². The molecule has 0 aliphatic carbocycles. The first kappa shape index (κ1) is 12.3. The number of tetrazole rings is 1. The second kappa shape index (κ2) is 5.46. The molecule has 0 spiro atoms. The van der Waals surface area contributed by atoms with Crippen LogP contribution in [-0.2, 0) is 0 Å². The van der Waals surface area contributed by atoms with Crippen LogP contribution in [-0.4, -0.2) is 26.7 Å². The smallest absolute Gasteiger partial charge is 0.319 e. The van der Waals surface area contributed by atoms with Crippen molar-refractivity contribution in [3.05, 3.63) is 35.1 Å². The van der Waals surface area contributed by atoms with Gasteiger partial charge in [0.2, 0.25) is 0 Å². The van der Waals surface area contributed by atoms with Crippen LogP contribution in [0.2, 0.25) is 5.02 Å². The van der Waals surface area contributed by atoms with Gasteiger partial charge in [-0.3, -0.25) is 0 Å².